The monoisotopic (exact) mass is 209 g/mol. The highest BCUT2D eigenvalue weighted by Crippen LogP contribution is 2.29. The van der Waals surface area contributed by atoms with Crippen LogP contribution in [0.5, 0.6) is 0 Å². The molecule has 4 nitrogen and oxygen atoms in total. The molecule has 0 aromatic heterocycles. The molecule has 4 heteroatoms. The fourth-order valence-corrected chi connectivity index (χ4v) is 2.36. The van der Waals surface area contributed by atoms with E-state index in [2.05, 4.69) is 0 Å². The Bertz CT molecular complexity index is 335. The summed E-state index contributed by atoms with van der Waals surface area (Å²) in [6, 6.07) is 0.0638. The van der Waals surface area contributed by atoms with Gasteiger partial charge >= 0.3 is 0 Å². The van der Waals surface area contributed by atoms with Crippen molar-refractivity contribution >= 4 is 11.7 Å². The zero-order valence-corrected chi connectivity index (χ0v) is 9.03. The highest BCUT2D eigenvalue weighted by atomic mass is 16.5. The third kappa shape index (κ3) is 1.54. The molecule has 2 rings (SSSR count). The molecule has 2 aliphatic heterocycles. The minimum absolute atomic E-state index is 0.00500. The van der Waals surface area contributed by atoms with Gasteiger partial charge in [-0.3, -0.25) is 9.59 Å². The number of ketones is 1. The number of hydrogen-bond donors (Lipinski definition) is 0. The fourth-order valence-electron chi connectivity index (χ4n) is 2.36. The van der Waals surface area contributed by atoms with Gasteiger partial charge in [-0.1, -0.05) is 6.92 Å². The molecule has 0 saturated carbocycles. The van der Waals surface area contributed by atoms with Crippen molar-refractivity contribution in [1.82, 2.24) is 4.90 Å². The highest BCUT2D eigenvalue weighted by molar-refractivity contribution is 6.03. The van der Waals surface area contributed by atoms with Crippen molar-refractivity contribution in [2.75, 3.05) is 13.7 Å². The van der Waals surface area contributed by atoms with Gasteiger partial charge in [0.1, 0.15) is 0 Å². The summed E-state index contributed by atoms with van der Waals surface area (Å²) in [5.74, 6) is -0.0762. The lowest BCUT2D eigenvalue weighted by Gasteiger charge is -2.25. The zero-order valence-electron chi connectivity index (χ0n) is 9.03. The van der Waals surface area contributed by atoms with E-state index in [1.807, 2.05) is 6.92 Å². The smallest absolute Gasteiger partial charge is 0.289 e. The molecule has 0 aromatic carbocycles. The summed E-state index contributed by atoms with van der Waals surface area (Å²) in [6.07, 6.45) is 3.24. The standard InChI is InChI=1S/C11H15NO3/c1-7-8-4-3-5-12(8)11(14)10(15-2)6-9(7)13/h6-8H,3-5H2,1-2H3/t7-,8-/m1/s1. The molecule has 0 aliphatic carbocycles. The Hall–Kier alpha value is -1.32. The van der Waals surface area contributed by atoms with Crippen molar-refractivity contribution in [1.29, 1.82) is 0 Å². The molecule has 0 bridgehead atoms. The van der Waals surface area contributed by atoms with E-state index in [0.717, 1.165) is 19.4 Å². The van der Waals surface area contributed by atoms with Gasteiger partial charge in [0, 0.05) is 24.6 Å². The number of amides is 1. The SMILES string of the molecule is COC1=CC(=O)[C@H](C)[C@H]2CCCN2C1=O. The van der Waals surface area contributed by atoms with Crippen molar-refractivity contribution in [3.8, 4) is 0 Å². The molecule has 1 fully saturated rings. The Morgan fingerprint density at radius 2 is 2.20 bits per heavy atom. The Morgan fingerprint density at radius 3 is 2.87 bits per heavy atom. The lowest BCUT2D eigenvalue weighted by Crippen LogP contribution is -2.39. The van der Waals surface area contributed by atoms with Gasteiger partial charge in [0.25, 0.3) is 5.91 Å². The van der Waals surface area contributed by atoms with Crippen molar-refractivity contribution in [2.24, 2.45) is 5.92 Å². The average Bonchev–Trinajstić information content (AvgIpc) is 2.69. The molecule has 0 spiro atoms. The predicted molar refractivity (Wildman–Crippen MR) is 54.0 cm³/mol. The first kappa shape index (κ1) is 10.2. The maximum atomic E-state index is 11.9. The van der Waals surface area contributed by atoms with Crippen molar-refractivity contribution < 1.29 is 14.3 Å². The topological polar surface area (TPSA) is 46.6 Å². The number of carbonyl (C=O) groups excluding carboxylic acids is 2. The van der Waals surface area contributed by atoms with Crippen LogP contribution < -0.4 is 0 Å². The molecule has 0 radical (unpaired) electrons. The Labute approximate surface area is 88.9 Å². The minimum Gasteiger partial charge on any atom is -0.491 e. The van der Waals surface area contributed by atoms with E-state index in [-0.39, 0.29) is 29.4 Å². The van der Waals surface area contributed by atoms with Crippen LogP contribution in [-0.2, 0) is 14.3 Å². The van der Waals surface area contributed by atoms with Crippen molar-refractivity contribution in [3.05, 3.63) is 11.8 Å². The number of carbonyl (C=O) groups is 2. The van der Waals surface area contributed by atoms with Crippen LogP contribution >= 0.6 is 0 Å². The van der Waals surface area contributed by atoms with Crippen LogP contribution in [0.3, 0.4) is 0 Å². The molecule has 0 aromatic rings. The van der Waals surface area contributed by atoms with E-state index >= 15 is 0 Å². The largest absolute Gasteiger partial charge is 0.491 e. The van der Waals surface area contributed by atoms with Crippen LogP contribution in [0.1, 0.15) is 19.8 Å². The summed E-state index contributed by atoms with van der Waals surface area (Å²) >= 11 is 0. The molecule has 2 heterocycles. The number of methoxy groups -OCH3 is 1. The molecule has 0 N–H and O–H groups in total. The van der Waals surface area contributed by atoms with Crippen molar-refractivity contribution in [3.63, 3.8) is 0 Å². The maximum Gasteiger partial charge on any atom is 0.289 e. The summed E-state index contributed by atoms with van der Waals surface area (Å²) in [6.45, 7) is 2.62. The second kappa shape index (κ2) is 3.68. The number of rotatable bonds is 1. The third-order valence-corrected chi connectivity index (χ3v) is 3.29. The molecular weight excluding hydrogens is 194 g/mol. The minimum atomic E-state index is -0.141. The first-order chi connectivity index (χ1) is 7.15. The Balaban J connectivity index is 2.37. The zero-order chi connectivity index (χ0) is 11.0. The summed E-state index contributed by atoms with van der Waals surface area (Å²) in [4.78, 5) is 25.4. The van der Waals surface area contributed by atoms with Crippen LogP contribution in [0.4, 0.5) is 0 Å². The van der Waals surface area contributed by atoms with Crippen LogP contribution in [0.15, 0.2) is 11.8 Å². The second-order valence-electron chi connectivity index (χ2n) is 4.11. The maximum absolute atomic E-state index is 11.9. The van der Waals surface area contributed by atoms with Gasteiger partial charge < -0.3 is 9.64 Å². The van der Waals surface area contributed by atoms with Crippen LogP contribution in [0.25, 0.3) is 0 Å². The summed E-state index contributed by atoms with van der Waals surface area (Å²) in [5, 5.41) is 0. The summed E-state index contributed by atoms with van der Waals surface area (Å²) in [5.41, 5.74) is 0. The van der Waals surface area contributed by atoms with E-state index < -0.39 is 0 Å². The lowest BCUT2D eigenvalue weighted by atomic mass is 9.96. The van der Waals surface area contributed by atoms with Gasteiger partial charge in [-0.05, 0) is 12.8 Å². The molecular formula is C11H15NO3. The van der Waals surface area contributed by atoms with E-state index in [9.17, 15) is 9.59 Å². The summed E-state index contributed by atoms with van der Waals surface area (Å²) < 4.78 is 4.96. The van der Waals surface area contributed by atoms with Gasteiger partial charge in [0.15, 0.2) is 11.5 Å². The number of hydrogen-bond acceptors (Lipinski definition) is 3. The van der Waals surface area contributed by atoms with Crippen molar-refractivity contribution in [2.45, 2.75) is 25.8 Å². The average molecular weight is 209 g/mol. The first-order valence-corrected chi connectivity index (χ1v) is 5.25. The number of allylic oxidation sites excluding steroid dienone is 1. The van der Waals surface area contributed by atoms with Crippen LogP contribution in [0, 0.1) is 5.92 Å². The predicted octanol–water partition coefficient (Wildman–Crippen LogP) is 0.726. The van der Waals surface area contributed by atoms with Gasteiger partial charge in [-0.15, -0.1) is 0 Å². The molecule has 2 aliphatic rings. The van der Waals surface area contributed by atoms with Crippen LogP contribution in [-0.4, -0.2) is 36.3 Å². The molecule has 1 amide bonds. The number of fused-ring (bicyclic) bond motifs is 1. The van der Waals surface area contributed by atoms with E-state index in [1.165, 1.54) is 13.2 Å². The van der Waals surface area contributed by atoms with Gasteiger partial charge in [0.2, 0.25) is 0 Å². The number of ether oxygens (including phenoxy) is 1. The molecule has 2 atom stereocenters. The molecule has 0 unspecified atom stereocenters. The van der Waals surface area contributed by atoms with Gasteiger partial charge in [0.05, 0.1) is 7.11 Å². The van der Waals surface area contributed by atoms with E-state index in [0.29, 0.717) is 0 Å². The normalized spacial score (nSPS) is 31.1. The van der Waals surface area contributed by atoms with Gasteiger partial charge in [-0.25, -0.2) is 0 Å². The quantitative estimate of drug-likeness (QED) is 0.639. The van der Waals surface area contributed by atoms with Crippen LogP contribution in [0.2, 0.25) is 0 Å². The summed E-state index contributed by atoms with van der Waals surface area (Å²) in [7, 11) is 1.43. The highest BCUT2D eigenvalue weighted by Gasteiger charge is 2.39. The molecule has 1 saturated heterocycles. The second-order valence-corrected chi connectivity index (χ2v) is 4.11. The van der Waals surface area contributed by atoms with E-state index in [4.69, 9.17) is 4.74 Å². The fraction of sp³-hybridized carbons (Fsp3) is 0.636. The van der Waals surface area contributed by atoms with Gasteiger partial charge in [-0.2, -0.15) is 0 Å². The molecule has 82 valence electrons. The third-order valence-electron chi connectivity index (χ3n) is 3.29. The number of nitrogens with zero attached hydrogens (tertiary/aromatic N) is 1. The molecule has 15 heavy (non-hydrogen) atoms. The van der Waals surface area contributed by atoms with E-state index in [1.54, 1.807) is 4.90 Å². The lowest BCUT2D eigenvalue weighted by molar-refractivity contribution is -0.131. The Morgan fingerprint density at radius 1 is 1.47 bits per heavy atom. The Kier molecular flexibility index (Phi) is 2.50. The first-order valence-electron chi connectivity index (χ1n) is 5.25.